The van der Waals surface area contributed by atoms with E-state index in [1.54, 1.807) is 36.4 Å². The number of amides is 1. The van der Waals surface area contributed by atoms with Crippen molar-refractivity contribution in [2.75, 3.05) is 6.61 Å². The minimum atomic E-state index is -0.540. The number of hydrazone groups is 1. The van der Waals surface area contributed by atoms with E-state index in [4.69, 9.17) is 13.9 Å². The molecule has 0 fully saturated rings. The molecule has 1 aromatic heterocycles. The van der Waals surface area contributed by atoms with E-state index < -0.39 is 11.9 Å². The molecule has 1 N–H and O–H groups in total. The van der Waals surface area contributed by atoms with Crippen molar-refractivity contribution in [1.82, 2.24) is 5.43 Å². The first-order valence-corrected chi connectivity index (χ1v) is 10.4. The van der Waals surface area contributed by atoms with E-state index in [9.17, 15) is 9.59 Å². The molecule has 0 aliphatic heterocycles. The van der Waals surface area contributed by atoms with E-state index in [-0.39, 0.29) is 12.0 Å². The van der Waals surface area contributed by atoms with Crippen LogP contribution < -0.4 is 14.9 Å². The molecular formula is C26H26N2O5. The number of carbonyl (C=O) groups excluding carboxylic acids is 2. The van der Waals surface area contributed by atoms with Crippen LogP contribution in [0.3, 0.4) is 0 Å². The third-order valence-corrected chi connectivity index (χ3v) is 4.50. The van der Waals surface area contributed by atoms with Gasteiger partial charge in [0.05, 0.1) is 12.5 Å². The fraction of sp³-hybridized carbons (Fsp3) is 0.192. The standard InChI is InChI=1S/C26H26N2O5/c1-26(2,3)20-9-11-22(12-10-20)32-18-24(29)28-27-17-19-6-4-7-23(16-19)33-25(30)14-13-21-8-5-15-31-21/h4-17H,18H2,1-3H3,(H,28,29)/b14-13+,27-17-. The maximum absolute atomic E-state index is 12.0. The number of hydrogen-bond donors (Lipinski definition) is 1. The Balaban J connectivity index is 1.45. The van der Waals surface area contributed by atoms with Gasteiger partial charge < -0.3 is 13.9 Å². The molecule has 0 spiro atoms. The second-order valence-electron chi connectivity index (χ2n) is 8.20. The third-order valence-electron chi connectivity index (χ3n) is 4.50. The summed E-state index contributed by atoms with van der Waals surface area (Å²) in [5, 5.41) is 3.92. The first kappa shape index (κ1) is 23.5. The van der Waals surface area contributed by atoms with Crippen LogP contribution in [0.4, 0.5) is 0 Å². The van der Waals surface area contributed by atoms with E-state index in [0.29, 0.717) is 22.8 Å². The molecule has 0 saturated heterocycles. The molecule has 1 amide bonds. The predicted octanol–water partition coefficient (Wildman–Crippen LogP) is 4.73. The van der Waals surface area contributed by atoms with Crippen molar-refractivity contribution < 1.29 is 23.5 Å². The molecule has 7 nitrogen and oxygen atoms in total. The summed E-state index contributed by atoms with van der Waals surface area (Å²) in [5.74, 6) is 0.576. The predicted molar refractivity (Wildman–Crippen MR) is 126 cm³/mol. The van der Waals surface area contributed by atoms with Gasteiger partial charge >= 0.3 is 5.97 Å². The van der Waals surface area contributed by atoms with Gasteiger partial charge in [-0.15, -0.1) is 0 Å². The summed E-state index contributed by atoms with van der Waals surface area (Å²) in [6, 6.07) is 17.9. The highest BCUT2D eigenvalue weighted by Crippen LogP contribution is 2.24. The van der Waals surface area contributed by atoms with Gasteiger partial charge in [-0.3, -0.25) is 4.79 Å². The lowest BCUT2D eigenvalue weighted by atomic mass is 9.87. The minimum Gasteiger partial charge on any atom is -0.484 e. The molecule has 0 bridgehead atoms. The Kier molecular flexibility index (Phi) is 7.81. The van der Waals surface area contributed by atoms with Crippen LogP contribution >= 0.6 is 0 Å². The number of rotatable bonds is 8. The average Bonchev–Trinajstić information content (AvgIpc) is 3.30. The Bertz CT molecular complexity index is 1120. The van der Waals surface area contributed by atoms with Crippen molar-refractivity contribution in [2.24, 2.45) is 5.10 Å². The Morgan fingerprint density at radius 2 is 1.82 bits per heavy atom. The molecule has 7 heteroatoms. The van der Waals surface area contributed by atoms with Crippen LogP contribution in [0.2, 0.25) is 0 Å². The molecule has 0 unspecified atom stereocenters. The molecular weight excluding hydrogens is 420 g/mol. The van der Waals surface area contributed by atoms with Crippen molar-refractivity contribution in [2.45, 2.75) is 26.2 Å². The lowest BCUT2D eigenvalue weighted by Gasteiger charge is -2.19. The normalized spacial score (nSPS) is 11.6. The van der Waals surface area contributed by atoms with Gasteiger partial charge in [0.25, 0.3) is 5.91 Å². The van der Waals surface area contributed by atoms with Crippen LogP contribution in [-0.2, 0) is 15.0 Å². The van der Waals surface area contributed by atoms with Crippen molar-refractivity contribution >= 4 is 24.2 Å². The highest BCUT2D eigenvalue weighted by Gasteiger charge is 2.13. The van der Waals surface area contributed by atoms with Crippen molar-refractivity contribution in [3.63, 3.8) is 0 Å². The summed E-state index contributed by atoms with van der Waals surface area (Å²) < 4.78 is 15.9. The second kappa shape index (κ2) is 10.9. The Morgan fingerprint density at radius 3 is 2.52 bits per heavy atom. The van der Waals surface area contributed by atoms with Crippen LogP contribution in [0.15, 0.2) is 82.5 Å². The van der Waals surface area contributed by atoms with E-state index >= 15 is 0 Å². The number of carbonyl (C=O) groups is 2. The Morgan fingerprint density at radius 1 is 1.03 bits per heavy atom. The van der Waals surface area contributed by atoms with E-state index in [0.717, 1.165) is 0 Å². The monoisotopic (exact) mass is 446 g/mol. The lowest BCUT2D eigenvalue weighted by molar-refractivity contribution is -0.129. The van der Waals surface area contributed by atoms with Gasteiger partial charge in [-0.25, -0.2) is 10.2 Å². The summed E-state index contributed by atoms with van der Waals surface area (Å²) >= 11 is 0. The largest absolute Gasteiger partial charge is 0.484 e. The molecule has 170 valence electrons. The molecule has 0 aliphatic carbocycles. The van der Waals surface area contributed by atoms with Gasteiger partial charge in [0, 0.05) is 6.08 Å². The number of nitrogens with zero attached hydrogens (tertiary/aromatic N) is 1. The summed E-state index contributed by atoms with van der Waals surface area (Å²) in [4.78, 5) is 23.9. The summed E-state index contributed by atoms with van der Waals surface area (Å²) in [5.41, 5.74) is 4.29. The third kappa shape index (κ3) is 7.81. The van der Waals surface area contributed by atoms with Gasteiger partial charge in [0.2, 0.25) is 0 Å². The zero-order chi connectivity index (χ0) is 23.7. The summed E-state index contributed by atoms with van der Waals surface area (Å²) in [6.07, 6.45) is 5.76. The number of nitrogens with one attached hydrogen (secondary N) is 1. The first-order chi connectivity index (χ1) is 15.8. The molecule has 0 atom stereocenters. The van der Waals surface area contributed by atoms with Crippen LogP contribution in [0.5, 0.6) is 11.5 Å². The number of furan rings is 1. The highest BCUT2D eigenvalue weighted by molar-refractivity contribution is 5.89. The quantitative estimate of drug-likeness (QED) is 0.178. The smallest absolute Gasteiger partial charge is 0.336 e. The van der Waals surface area contributed by atoms with E-state index in [2.05, 4.69) is 31.3 Å². The van der Waals surface area contributed by atoms with Gasteiger partial charge in [-0.2, -0.15) is 5.10 Å². The fourth-order valence-corrected chi connectivity index (χ4v) is 2.76. The number of esters is 1. The molecule has 3 rings (SSSR count). The Labute approximate surface area is 192 Å². The highest BCUT2D eigenvalue weighted by atomic mass is 16.5. The summed E-state index contributed by atoms with van der Waals surface area (Å²) in [6.45, 7) is 6.24. The maximum Gasteiger partial charge on any atom is 0.336 e. The van der Waals surface area contributed by atoms with Gasteiger partial charge in [-0.05, 0) is 59.0 Å². The molecule has 2 aromatic carbocycles. The summed E-state index contributed by atoms with van der Waals surface area (Å²) in [7, 11) is 0. The molecule has 1 heterocycles. The molecule has 3 aromatic rings. The van der Waals surface area contributed by atoms with Gasteiger partial charge in [-0.1, -0.05) is 45.0 Å². The second-order valence-corrected chi connectivity index (χ2v) is 8.20. The Hall–Kier alpha value is -4.13. The number of benzene rings is 2. The van der Waals surface area contributed by atoms with Crippen LogP contribution in [0, 0.1) is 0 Å². The van der Waals surface area contributed by atoms with Crippen molar-refractivity contribution in [3.8, 4) is 11.5 Å². The SMILES string of the molecule is CC(C)(C)c1ccc(OCC(=O)N/N=C\c2cccc(OC(=O)/C=C/c3ccco3)c2)cc1. The van der Waals surface area contributed by atoms with Crippen molar-refractivity contribution in [3.05, 3.63) is 89.9 Å². The molecule has 33 heavy (non-hydrogen) atoms. The van der Waals surface area contributed by atoms with Crippen LogP contribution in [0.1, 0.15) is 37.7 Å². The van der Waals surface area contributed by atoms with Crippen molar-refractivity contribution in [1.29, 1.82) is 0 Å². The molecule has 0 saturated carbocycles. The van der Waals surface area contributed by atoms with Crippen LogP contribution in [-0.4, -0.2) is 24.7 Å². The zero-order valence-electron chi connectivity index (χ0n) is 18.8. The van der Waals surface area contributed by atoms with Crippen LogP contribution in [0.25, 0.3) is 6.08 Å². The topological polar surface area (TPSA) is 90.1 Å². The zero-order valence-corrected chi connectivity index (χ0v) is 18.8. The number of ether oxygens (including phenoxy) is 2. The first-order valence-electron chi connectivity index (χ1n) is 10.4. The minimum absolute atomic E-state index is 0.0525. The van der Waals surface area contributed by atoms with Gasteiger partial charge in [0.1, 0.15) is 17.3 Å². The van der Waals surface area contributed by atoms with Gasteiger partial charge in [0.15, 0.2) is 6.61 Å². The van der Waals surface area contributed by atoms with E-state index in [1.165, 1.54) is 30.2 Å². The van der Waals surface area contributed by atoms with E-state index in [1.807, 2.05) is 24.3 Å². The maximum atomic E-state index is 12.0. The lowest BCUT2D eigenvalue weighted by Crippen LogP contribution is -2.24. The fourth-order valence-electron chi connectivity index (χ4n) is 2.76. The average molecular weight is 447 g/mol. The molecule has 0 radical (unpaired) electrons. The molecule has 0 aliphatic rings. The number of hydrogen-bond acceptors (Lipinski definition) is 6.